The van der Waals surface area contributed by atoms with Crippen LogP contribution in [0.1, 0.15) is 10.4 Å². The van der Waals surface area contributed by atoms with Crippen molar-refractivity contribution in [3.05, 3.63) is 48.4 Å². The molecule has 1 aliphatic heterocycles. The third kappa shape index (κ3) is 2.81. The molecule has 0 saturated carbocycles. The van der Waals surface area contributed by atoms with Gasteiger partial charge in [-0.1, -0.05) is 12.1 Å². The van der Waals surface area contributed by atoms with Gasteiger partial charge in [-0.3, -0.25) is 4.79 Å². The van der Waals surface area contributed by atoms with Crippen LogP contribution in [0.3, 0.4) is 0 Å². The number of aromatic nitrogens is 3. The number of anilines is 2. The lowest BCUT2D eigenvalue weighted by molar-refractivity contribution is 0.102. The van der Waals surface area contributed by atoms with Gasteiger partial charge in [-0.05, 0) is 18.2 Å². The predicted molar refractivity (Wildman–Crippen MR) is 91.3 cm³/mol. The molecule has 4 rings (SSSR count). The minimum absolute atomic E-state index is 0.195. The highest BCUT2D eigenvalue weighted by Crippen LogP contribution is 2.26. The van der Waals surface area contributed by atoms with Crippen LogP contribution in [0.4, 0.5) is 11.4 Å². The number of H-pyrrole nitrogens is 1. The third-order valence-corrected chi connectivity index (χ3v) is 4.04. The average Bonchev–Trinajstić information content (AvgIpc) is 3.10. The number of hydrogen-bond acceptors (Lipinski definition) is 5. The van der Waals surface area contributed by atoms with Crippen molar-refractivity contribution in [2.45, 2.75) is 0 Å². The summed E-state index contributed by atoms with van der Waals surface area (Å²) in [7, 11) is 0. The van der Waals surface area contributed by atoms with Crippen LogP contribution in [0.25, 0.3) is 11.2 Å². The van der Waals surface area contributed by atoms with Crippen LogP contribution >= 0.6 is 0 Å². The Hall–Kier alpha value is -2.93. The first-order valence-electron chi connectivity index (χ1n) is 7.83. The Bertz CT molecular complexity index is 870. The van der Waals surface area contributed by atoms with E-state index in [4.69, 9.17) is 4.74 Å². The Labute approximate surface area is 138 Å². The van der Waals surface area contributed by atoms with Gasteiger partial charge in [0.1, 0.15) is 0 Å². The molecule has 1 aliphatic rings. The van der Waals surface area contributed by atoms with Crippen LogP contribution in [-0.4, -0.2) is 47.2 Å². The number of nitrogens with zero attached hydrogens (tertiary/aromatic N) is 3. The van der Waals surface area contributed by atoms with Crippen LogP contribution in [0.2, 0.25) is 0 Å². The lowest BCUT2D eigenvalue weighted by Gasteiger charge is -2.30. The maximum Gasteiger partial charge on any atom is 0.257 e. The van der Waals surface area contributed by atoms with Gasteiger partial charge in [0, 0.05) is 19.3 Å². The standard InChI is InChI=1S/C17H17N5O2/c23-17(12-9-14-16(18-10-12)20-11-19-14)21-13-3-1-2-4-15(13)22-5-7-24-8-6-22/h1-4,9-11H,5-8H2,(H,21,23)(H,18,19,20). The van der Waals surface area contributed by atoms with Crippen LogP contribution < -0.4 is 10.2 Å². The molecule has 2 N–H and O–H groups in total. The molecule has 3 aromatic rings. The number of carbonyl (C=O) groups is 1. The summed E-state index contributed by atoms with van der Waals surface area (Å²) in [5.74, 6) is -0.195. The molecule has 7 heteroatoms. The molecule has 1 saturated heterocycles. The molecule has 0 spiro atoms. The number of benzene rings is 1. The number of rotatable bonds is 3. The summed E-state index contributed by atoms with van der Waals surface area (Å²) in [5.41, 5.74) is 3.62. The Kier molecular flexibility index (Phi) is 3.84. The fourth-order valence-electron chi connectivity index (χ4n) is 2.81. The summed E-state index contributed by atoms with van der Waals surface area (Å²) < 4.78 is 5.40. The number of aromatic amines is 1. The number of carbonyl (C=O) groups excluding carboxylic acids is 1. The van der Waals surface area contributed by atoms with Crippen LogP contribution in [0.15, 0.2) is 42.9 Å². The van der Waals surface area contributed by atoms with E-state index in [9.17, 15) is 4.79 Å². The number of amides is 1. The number of para-hydroxylation sites is 2. The van der Waals surface area contributed by atoms with E-state index < -0.39 is 0 Å². The highest BCUT2D eigenvalue weighted by molar-refractivity contribution is 6.06. The first-order valence-corrected chi connectivity index (χ1v) is 7.83. The normalized spacial score (nSPS) is 14.8. The summed E-state index contributed by atoms with van der Waals surface area (Å²) in [4.78, 5) is 26.0. The van der Waals surface area contributed by atoms with E-state index in [0.717, 1.165) is 30.0 Å². The quantitative estimate of drug-likeness (QED) is 0.771. The van der Waals surface area contributed by atoms with Crippen molar-refractivity contribution in [2.24, 2.45) is 0 Å². The van der Waals surface area contributed by atoms with Gasteiger partial charge >= 0.3 is 0 Å². The molecule has 0 unspecified atom stereocenters. The molecule has 3 heterocycles. The molecule has 122 valence electrons. The number of nitrogens with one attached hydrogen (secondary N) is 2. The monoisotopic (exact) mass is 323 g/mol. The number of ether oxygens (including phenoxy) is 1. The minimum atomic E-state index is -0.195. The van der Waals surface area contributed by atoms with Gasteiger partial charge in [-0.15, -0.1) is 0 Å². The Morgan fingerprint density at radius 1 is 1.21 bits per heavy atom. The SMILES string of the molecule is O=C(Nc1ccccc1N1CCOCC1)c1cnc2nc[nH]c2c1. The molecule has 0 aliphatic carbocycles. The minimum Gasteiger partial charge on any atom is -0.378 e. The smallest absolute Gasteiger partial charge is 0.257 e. The average molecular weight is 323 g/mol. The van der Waals surface area contributed by atoms with E-state index in [1.165, 1.54) is 6.20 Å². The second-order valence-corrected chi connectivity index (χ2v) is 5.57. The Balaban J connectivity index is 1.59. The third-order valence-electron chi connectivity index (χ3n) is 4.04. The summed E-state index contributed by atoms with van der Waals surface area (Å²) >= 11 is 0. The first kappa shape index (κ1) is 14.6. The number of hydrogen-bond donors (Lipinski definition) is 2. The molecule has 1 aromatic carbocycles. The van der Waals surface area contributed by atoms with E-state index in [1.54, 1.807) is 12.4 Å². The lowest BCUT2D eigenvalue weighted by Crippen LogP contribution is -2.36. The van der Waals surface area contributed by atoms with E-state index in [1.807, 2.05) is 24.3 Å². The van der Waals surface area contributed by atoms with E-state index >= 15 is 0 Å². The summed E-state index contributed by atoms with van der Waals surface area (Å²) in [5, 5.41) is 2.99. The summed E-state index contributed by atoms with van der Waals surface area (Å²) in [6, 6.07) is 9.55. The summed E-state index contributed by atoms with van der Waals surface area (Å²) in [6.07, 6.45) is 3.10. The predicted octanol–water partition coefficient (Wildman–Crippen LogP) is 2.05. The topological polar surface area (TPSA) is 83.1 Å². The number of morpholine rings is 1. The first-order chi connectivity index (χ1) is 11.8. The van der Waals surface area contributed by atoms with E-state index in [0.29, 0.717) is 24.4 Å². The van der Waals surface area contributed by atoms with Crippen molar-refractivity contribution in [2.75, 3.05) is 36.5 Å². The second kappa shape index (κ2) is 6.29. The molecule has 24 heavy (non-hydrogen) atoms. The van der Waals surface area contributed by atoms with Gasteiger partial charge in [0.2, 0.25) is 0 Å². The van der Waals surface area contributed by atoms with Crippen molar-refractivity contribution < 1.29 is 9.53 Å². The molecular weight excluding hydrogens is 306 g/mol. The van der Waals surface area contributed by atoms with E-state index in [-0.39, 0.29) is 5.91 Å². The molecule has 0 atom stereocenters. The zero-order valence-corrected chi connectivity index (χ0v) is 13.0. The number of imidazole rings is 1. The van der Waals surface area contributed by atoms with Crippen molar-refractivity contribution in [3.63, 3.8) is 0 Å². The fraction of sp³-hybridized carbons (Fsp3) is 0.235. The van der Waals surface area contributed by atoms with Crippen molar-refractivity contribution >= 4 is 28.4 Å². The van der Waals surface area contributed by atoms with Crippen molar-refractivity contribution in [3.8, 4) is 0 Å². The molecule has 7 nitrogen and oxygen atoms in total. The molecular formula is C17H17N5O2. The fourth-order valence-corrected chi connectivity index (χ4v) is 2.81. The zero-order valence-electron chi connectivity index (χ0n) is 13.0. The van der Waals surface area contributed by atoms with Crippen LogP contribution in [0, 0.1) is 0 Å². The zero-order chi connectivity index (χ0) is 16.4. The maximum atomic E-state index is 12.6. The van der Waals surface area contributed by atoms with Gasteiger partial charge in [0.05, 0.1) is 42.0 Å². The second-order valence-electron chi connectivity index (χ2n) is 5.57. The molecule has 2 aromatic heterocycles. The van der Waals surface area contributed by atoms with Crippen molar-refractivity contribution in [1.82, 2.24) is 15.0 Å². The number of fused-ring (bicyclic) bond motifs is 1. The highest BCUT2D eigenvalue weighted by Gasteiger charge is 2.16. The van der Waals surface area contributed by atoms with Gasteiger partial charge in [-0.2, -0.15) is 0 Å². The van der Waals surface area contributed by atoms with Gasteiger partial charge in [0.25, 0.3) is 5.91 Å². The van der Waals surface area contributed by atoms with Gasteiger partial charge in [0.15, 0.2) is 5.65 Å². The Morgan fingerprint density at radius 2 is 2.04 bits per heavy atom. The summed E-state index contributed by atoms with van der Waals surface area (Å²) in [6.45, 7) is 3.02. The molecule has 1 amide bonds. The number of pyridine rings is 1. The van der Waals surface area contributed by atoms with Gasteiger partial charge < -0.3 is 19.9 Å². The van der Waals surface area contributed by atoms with E-state index in [2.05, 4.69) is 25.2 Å². The maximum absolute atomic E-state index is 12.6. The molecule has 1 fully saturated rings. The van der Waals surface area contributed by atoms with Crippen LogP contribution in [0.5, 0.6) is 0 Å². The molecule has 0 radical (unpaired) electrons. The van der Waals surface area contributed by atoms with Crippen LogP contribution in [-0.2, 0) is 4.74 Å². The lowest BCUT2D eigenvalue weighted by atomic mass is 10.2. The highest BCUT2D eigenvalue weighted by atomic mass is 16.5. The Morgan fingerprint density at radius 3 is 2.92 bits per heavy atom. The largest absolute Gasteiger partial charge is 0.378 e. The van der Waals surface area contributed by atoms with Gasteiger partial charge in [-0.25, -0.2) is 9.97 Å². The van der Waals surface area contributed by atoms with Crippen molar-refractivity contribution in [1.29, 1.82) is 0 Å². The molecule has 0 bridgehead atoms.